The molecule has 0 spiro atoms. The Bertz CT molecular complexity index is 215. The van der Waals surface area contributed by atoms with Gasteiger partial charge >= 0.3 is 0 Å². The van der Waals surface area contributed by atoms with Gasteiger partial charge in [0.1, 0.15) is 0 Å². The Morgan fingerprint density at radius 2 is 2.06 bits per heavy atom. The van der Waals surface area contributed by atoms with Gasteiger partial charge in [0, 0.05) is 44.8 Å². The van der Waals surface area contributed by atoms with Crippen molar-refractivity contribution in [2.75, 3.05) is 53.4 Å². The largest absolute Gasteiger partial charge is 0.314 e. The first-order valence-electron chi connectivity index (χ1n) is 7.08. The predicted octanol–water partition coefficient (Wildman–Crippen LogP) is -0.0361. The van der Waals surface area contributed by atoms with Crippen molar-refractivity contribution in [2.45, 2.75) is 31.3 Å². The van der Waals surface area contributed by atoms with Gasteiger partial charge in [-0.25, -0.2) is 0 Å². The number of likely N-dealkylation sites (N-methyl/N-ethyl adjacent to an activating group) is 2. The molecule has 0 aromatic carbocycles. The Morgan fingerprint density at radius 3 is 2.82 bits per heavy atom. The third-order valence-corrected chi connectivity index (χ3v) is 4.16. The molecule has 2 rings (SSSR count). The molecule has 4 heteroatoms. The summed E-state index contributed by atoms with van der Waals surface area (Å²) >= 11 is 0. The van der Waals surface area contributed by atoms with E-state index < -0.39 is 0 Å². The number of hydrogen-bond acceptors (Lipinski definition) is 4. The molecule has 2 atom stereocenters. The topological polar surface area (TPSA) is 30.5 Å². The van der Waals surface area contributed by atoms with Crippen LogP contribution in [0.4, 0.5) is 0 Å². The minimum Gasteiger partial charge on any atom is -0.314 e. The molecule has 0 aromatic heterocycles. The van der Waals surface area contributed by atoms with Gasteiger partial charge in [0.25, 0.3) is 0 Å². The van der Waals surface area contributed by atoms with Gasteiger partial charge < -0.3 is 15.5 Å². The van der Waals surface area contributed by atoms with Crippen LogP contribution in [0.15, 0.2) is 0 Å². The van der Waals surface area contributed by atoms with Gasteiger partial charge in [0.05, 0.1) is 0 Å². The fraction of sp³-hybridized carbons (Fsp3) is 1.00. The summed E-state index contributed by atoms with van der Waals surface area (Å²) in [5.74, 6) is 0. The highest BCUT2D eigenvalue weighted by atomic mass is 15.3. The number of piperidine rings is 1. The van der Waals surface area contributed by atoms with Crippen molar-refractivity contribution in [2.24, 2.45) is 0 Å². The van der Waals surface area contributed by atoms with Crippen molar-refractivity contribution in [1.82, 2.24) is 20.4 Å². The fourth-order valence-electron chi connectivity index (χ4n) is 2.84. The van der Waals surface area contributed by atoms with Gasteiger partial charge in [0.2, 0.25) is 0 Å². The zero-order valence-corrected chi connectivity index (χ0v) is 11.4. The zero-order chi connectivity index (χ0) is 12.1. The quantitative estimate of drug-likeness (QED) is 0.722. The highest BCUT2D eigenvalue weighted by molar-refractivity contribution is 4.82. The zero-order valence-electron chi connectivity index (χ0n) is 11.4. The number of rotatable bonds is 4. The number of nitrogens with one attached hydrogen (secondary N) is 2. The summed E-state index contributed by atoms with van der Waals surface area (Å²) < 4.78 is 0. The molecule has 2 aliphatic rings. The molecule has 2 saturated heterocycles. The van der Waals surface area contributed by atoms with Crippen LogP contribution < -0.4 is 10.6 Å². The molecule has 0 bridgehead atoms. The number of hydrogen-bond donors (Lipinski definition) is 2. The van der Waals surface area contributed by atoms with Crippen LogP contribution in [-0.2, 0) is 0 Å². The Labute approximate surface area is 106 Å². The van der Waals surface area contributed by atoms with Crippen LogP contribution in [0.25, 0.3) is 0 Å². The summed E-state index contributed by atoms with van der Waals surface area (Å²) in [5.41, 5.74) is 0. The lowest BCUT2D eigenvalue weighted by molar-refractivity contribution is 0.113. The van der Waals surface area contributed by atoms with Crippen LogP contribution in [0.3, 0.4) is 0 Å². The lowest BCUT2D eigenvalue weighted by Crippen LogP contribution is -2.54. The minimum atomic E-state index is 0.678. The molecular formula is C13H28N4. The molecule has 0 amide bonds. The summed E-state index contributed by atoms with van der Waals surface area (Å²) in [6.45, 7) is 7.06. The first kappa shape index (κ1) is 13.3. The average molecular weight is 240 g/mol. The molecule has 2 fully saturated rings. The summed E-state index contributed by atoms with van der Waals surface area (Å²) in [4.78, 5) is 4.92. The van der Waals surface area contributed by atoms with E-state index in [2.05, 4.69) is 34.5 Å². The van der Waals surface area contributed by atoms with Gasteiger partial charge in [-0.15, -0.1) is 0 Å². The molecule has 4 nitrogen and oxygen atoms in total. The maximum atomic E-state index is 3.64. The second kappa shape index (κ2) is 6.69. The molecule has 2 heterocycles. The highest BCUT2D eigenvalue weighted by Gasteiger charge is 2.22. The van der Waals surface area contributed by atoms with E-state index in [1.54, 1.807) is 0 Å². The van der Waals surface area contributed by atoms with E-state index in [1.807, 2.05) is 0 Å². The van der Waals surface area contributed by atoms with Crippen LogP contribution in [0.1, 0.15) is 19.3 Å². The minimum absolute atomic E-state index is 0.678. The maximum absolute atomic E-state index is 3.64. The Balaban J connectivity index is 1.63. The van der Waals surface area contributed by atoms with Crippen molar-refractivity contribution in [1.29, 1.82) is 0 Å². The lowest BCUT2D eigenvalue weighted by atomic mass is 10.0. The molecule has 100 valence electrons. The molecule has 0 saturated carbocycles. The van der Waals surface area contributed by atoms with E-state index in [9.17, 15) is 0 Å². The average Bonchev–Trinajstić information content (AvgIpc) is 2.35. The van der Waals surface area contributed by atoms with E-state index in [1.165, 1.54) is 45.4 Å². The van der Waals surface area contributed by atoms with E-state index in [4.69, 9.17) is 0 Å². The van der Waals surface area contributed by atoms with Crippen LogP contribution in [0, 0.1) is 0 Å². The van der Waals surface area contributed by atoms with Gasteiger partial charge in [0.15, 0.2) is 0 Å². The van der Waals surface area contributed by atoms with Gasteiger partial charge in [-0.2, -0.15) is 0 Å². The maximum Gasteiger partial charge on any atom is 0.0345 e. The smallest absolute Gasteiger partial charge is 0.0345 e. The SMILES string of the molecule is CN1CCN(C)C(CNCC2CCCCN2)C1. The van der Waals surface area contributed by atoms with Gasteiger partial charge in [-0.05, 0) is 33.5 Å². The molecular weight excluding hydrogens is 212 g/mol. The van der Waals surface area contributed by atoms with Crippen molar-refractivity contribution < 1.29 is 0 Å². The molecule has 2 aliphatic heterocycles. The van der Waals surface area contributed by atoms with Crippen LogP contribution in [-0.4, -0.2) is 75.2 Å². The third-order valence-electron chi connectivity index (χ3n) is 4.16. The Kier molecular flexibility index (Phi) is 5.22. The summed E-state index contributed by atoms with van der Waals surface area (Å²) in [6, 6.07) is 1.38. The standard InChI is InChI=1S/C13H28N4/c1-16-7-8-17(2)13(11-16)10-14-9-12-5-3-4-6-15-12/h12-15H,3-11H2,1-2H3. The molecule has 2 unspecified atom stereocenters. The van der Waals surface area contributed by atoms with E-state index in [0.717, 1.165) is 13.1 Å². The van der Waals surface area contributed by atoms with E-state index in [-0.39, 0.29) is 0 Å². The predicted molar refractivity (Wildman–Crippen MR) is 72.4 cm³/mol. The van der Waals surface area contributed by atoms with Gasteiger partial charge in [-0.1, -0.05) is 6.42 Å². The monoisotopic (exact) mass is 240 g/mol. The second-order valence-corrected chi connectivity index (χ2v) is 5.70. The van der Waals surface area contributed by atoms with Gasteiger partial charge in [-0.3, -0.25) is 4.90 Å². The van der Waals surface area contributed by atoms with E-state index >= 15 is 0 Å². The normalized spacial score (nSPS) is 32.8. The highest BCUT2D eigenvalue weighted by Crippen LogP contribution is 2.07. The fourth-order valence-corrected chi connectivity index (χ4v) is 2.84. The summed E-state index contributed by atoms with van der Waals surface area (Å²) in [6.07, 6.45) is 4.09. The molecule has 17 heavy (non-hydrogen) atoms. The Hall–Kier alpha value is -0.160. The van der Waals surface area contributed by atoms with Crippen molar-refractivity contribution >= 4 is 0 Å². The second-order valence-electron chi connectivity index (χ2n) is 5.70. The van der Waals surface area contributed by atoms with Crippen molar-refractivity contribution in [3.8, 4) is 0 Å². The summed E-state index contributed by atoms with van der Waals surface area (Å²) in [7, 11) is 4.47. The van der Waals surface area contributed by atoms with Crippen molar-refractivity contribution in [3.05, 3.63) is 0 Å². The Morgan fingerprint density at radius 1 is 1.18 bits per heavy atom. The molecule has 0 radical (unpaired) electrons. The molecule has 0 aliphatic carbocycles. The summed E-state index contributed by atoms with van der Waals surface area (Å²) in [5, 5.41) is 7.24. The van der Waals surface area contributed by atoms with Crippen LogP contribution in [0.5, 0.6) is 0 Å². The van der Waals surface area contributed by atoms with Crippen LogP contribution in [0.2, 0.25) is 0 Å². The first-order valence-corrected chi connectivity index (χ1v) is 7.08. The number of nitrogens with zero attached hydrogens (tertiary/aromatic N) is 2. The third kappa shape index (κ3) is 4.21. The molecule has 2 N–H and O–H groups in total. The lowest BCUT2D eigenvalue weighted by Gasteiger charge is -2.38. The molecule has 0 aromatic rings. The van der Waals surface area contributed by atoms with Crippen molar-refractivity contribution in [3.63, 3.8) is 0 Å². The van der Waals surface area contributed by atoms with Crippen LogP contribution >= 0.6 is 0 Å². The first-order chi connectivity index (χ1) is 8.25. The van der Waals surface area contributed by atoms with E-state index in [0.29, 0.717) is 12.1 Å². The number of piperazine rings is 1.